The first-order valence-electron chi connectivity index (χ1n) is 5.27. The highest BCUT2D eigenvalue weighted by Crippen LogP contribution is 2.01. The fraction of sp³-hybridized carbons (Fsp3) is 0.143. The average Bonchev–Trinajstić information content (AvgIpc) is 2.37. The Hall–Kier alpha value is -2.16. The maximum absolute atomic E-state index is 11.4. The molecule has 0 aromatic heterocycles. The summed E-state index contributed by atoms with van der Waals surface area (Å²) in [6.07, 6.45) is 4.47. The Balaban J connectivity index is 2.32. The molecule has 0 N–H and O–H groups in total. The van der Waals surface area contributed by atoms with Gasteiger partial charge in [-0.05, 0) is 11.6 Å². The van der Waals surface area contributed by atoms with Crippen LogP contribution in [0, 0.1) is 0 Å². The summed E-state index contributed by atoms with van der Waals surface area (Å²) in [7, 11) is 0. The lowest BCUT2D eigenvalue weighted by atomic mass is 10.2. The third-order valence-electron chi connectivity index (χ3n) is 2.02. The number of esters is 1. The van der Waals surface area contributed by atoms with Crippen molar-refractivity contribution < 1.29 is 14.3 Å². The number of ether oxygens (including phenoxy) is 1. The molecule has 0 radical (unpaired) electrons. The molecular weight excluding hydrogens is 216 g/mol. The van der Waals surface area contributed by atoms with E-state index in [-0.39, 0.29) is 18.8 Å². The van der Waals surface area contributed by atoms with E-state index in [1.165, 1.54) is 6.08 Å². The molecule has 3 heteroatoms. The second-order valence-corrected chi connectivity index (χ2v) is 3.33. The van der Waals surface area contributed by atoms with Crippen molar-refractivity contribution in [2.24, 2.45) is 0 Å². The van der Waals surface area contributed by atoms with Crippen molar-refractivity contribution in [1.82, 2.24) is 0 Å². The standard InChI is InChI=1S/C14H14O3/c1-2-14(16)17-11-10-13(15)9-8-12-6-4-3-5-7-12/h2-9H,1,10-11H2. The molecule has 0 spiro atoms. The normalized spacial score (nSPS) is 10.1. The Kier molecular flexibility index (Phi) is 5.44. The molecule has 0 aliphatic carbocycles. The van der Waals surface area contributed by atoms with Crippen molar-refractivity contribution in [1.29, 1.82) is 0 Å². The predicted molar refractivity (Wildman–Crippen MR) is 66.3 cm³/mol. The van der Waals surface area contributed by atoms with Gasteiger partial charge in [-0.1, -0.05) is 43.0 Å². The van der Waals surface area contributed by atoms with Gasteiger partial charge in [0, 0.05) is 12.5 Å². The molecule has 0 amide bonds. The highest BCUT2D eigenvalue weighted by molar-refractivity contribution is 5.93. The van der Waals surface area contributed by atoms with Gasteiger partial charge in [0.25, 0.3) is 0 Å². The molecule has 1 aromatic rings. The van der Waals surface area contributed by atoms with E-state index in [9.17, 15) is 9.59 Å². The van der Waals surface area contributed by atoms with E-state index < -0.39 is 5.97 Å². The quantitative estimate of drug-likeness (QED) is 0.556. The van der Waals surface area contributed by atoms with Crippen LogP contribution in [0.25, 0.3) is 6.08 Å². The van der Waals surface area contributed by atoms with Crippen LogP contribution in [0.3, 0.4) is 0 Å². The fourth-order valence-electron chi connectivity index (χ4n) is 1.15. The average molecular weight is 230 g/mol. The van der Waals surface area contributed by atoms with E-state index in [0.717, 1.165) is 11.6 Å². The van der Waals surface area contributed by atoms with E-state index in [4.69, 9.17) is 4.74 Å². The van der Waals surface area contributed by atoms with Crippen molar-refractivity contribution >= 4 is 17.8 Å². The second kappa shape index (κ2) is 7.17. The molecule has 1 aromatic carbocycles. The number of benzene rings is 1. The van der Waals surface area contributed by atoms with E-state index >= 15 is 0 Å². The Labute approximate surface area is 100 Å². The molecule has 88 valence electrons. The first-order valence-corrected chi connectivity index (χ1v) is 5.27. The molecule has 0 aliphatic heterocycles. The number of carbonyl (C=O) groups excluding carboxylic acids is 2. The SMILES string of the molecule is C=CC(=O)OCCC(=O)C=Cc1ccccc1. The van der Waals surface area contributed by atoms with Gasteiger partial charge in [0.05, 0.1) is 6.61 Å². The van der Waals surface area contributed by atoms with Crippen LogP contribution >= 0.6 is 0 Å². The summed E-state index contributed by atoms with van der Waals surface area (Å²) in [6, 6.07) is 9.52. The van der Waals surface area contributed by atoms with Crippen LogP contribution in [0.2, 0.25) is 0 Å². The van der Waals surface area contributed by atoms with Crippen molar-refractivity contribution in [2.75, 3.05) is 6.61 Å². The molecule has 0 heterocycles. The Morgan fingerprint density at radius 3 is 2.59 bits per heavy atom. The van der Waals surface area contributed by atoms with E-state index in [1.807, 2.05) is 30.3 Å². The maximum Gasteiger partial charge on any atom is 0.330 e. The van der Waals surface area contributed by atoms with Crippen LogP contribution in [0.15, 0.2) is 49.1 Å². The molecule has 0 saturated carbocycles. The Morgan fingerprint density at radius 1 is 1.24 bits per heavy atom. The number of carbonyl (C=O) groups is 2. The molecular formula is C14H14O3. The molecule has 0 unspecified atom stereocenters. The van der Waals surface area contributed by atoms with Gasteiger partial charge in [0.2, 0.25) is 0 Å². The lowest BCUT2D eigenvalue weighted by Crippen LogP contribution is -2.05. The number of ketones is 1. The minimum Gasteiger partial charge on any atom is -0.462 e. The van der Waals surface area contributed by atoms with Crippen LogP contribution in [0.5, 0.6) is 0 Å². The smallest absolute Gasteiger partial charge is 0.330 e. The van der Waals surface area contributed by atoms with Crippen LogP contribution in [0.4, 0.5) is 0 Å². The maximum atomic E-state index is 11.4. The van der Waals surface area contributed by atoms with E-state index in [0.29, 0.717) is 0 Å². The van der Waals surface area contributed by atoms with Crippen LogP contribution in [-0.2, 0) is 14.3 Å². The number of hydrogen-bond acceptors (Lipinski definition) is 3. The lowest BCUT2D eigenvalue weighted by Gasteiger charge is -1.98. The molecule has 3 nitrogen and oxygen atoms in total. The van der Waals surface area contributed by atoms with Gasteiger partial charge in [-0.25, -0.2) is 4.79 Å². The minimum absolute atomic E-state index is 0.0780. The summed E-state index contributed by atoms with van der Waals surface area (Å²) in [4.78, 5) is 22.1. The first-order chi connectivity index (χ1) is 8.22. The highest BCUT2D eigenvalue weighted by atomic mass is 16.5. The van der Waals surface area contributed by atoms with Crippen molar-refractivity contribution in [3.05, 3.63) is 54.6 Å². The second-order valence-electron chi connectivity index (χ2n) is 3.33. The lowest BCUT2D eigenvalue weighted by molar-refractivity contribution is -0.138. The Bertz CT molecular complexity index is 418. The van der Waals surface area contributed by atoms with Gasteiger partial charge in [0.15, 0.2) is 5.78 Å². The van der Waals surface area contributed by atoms with Crippen molar-refractivity contribution in [3.8, 4) is 0 Å². The first kappa shape index (κ1) is 12.9. The van der Waals surface area contributed by atoms with Gasteiger partial charge in [-0.15, -0.1) is 0 Å². The molecule has 17 heavy (non-hydrogen) atoms. The fourth-order valence-corrected chi connectivity index (χ4v) is 1.15. The van der Waals surface area contributed by atoms with Crippen LogP contribution in [0.1, 0.15) is 12.0 Å². The molecule has 0 saturated heterocycles. The molecule has 0 aliphatic rings. The summed E-state index contributed by atoms with van der Waals surface area (Å²) in [5.74, 6) is -0.587. The summed E-state index contributed by atoms with van der Waals surface area (Å²) in [5, 5.41) is 0. The van der Waals surface area contributed by atoms with Crippen LogP contribution < -0.4 is 0 Å². The van der Waals surface area contributed by atoms with Gasteiger partial charge in [0.1, 0.15) is 0 Å². The monoisotopic (exact) mass is 230 g/mol. The van der Waals surface area contributed by atoms with E-state index in [1.54, 1.807) is 6.08 Å². The minimum atomic E-state index is -0.509. The van der Waals surface area contributed by atoms with Crippen molar-refractivity contribution in [3.63, 3.8) is 0 Å². The zero-order valence-corrected chi connectivity index (χ0v) is 9.46. The predicted octanol–water partition coefficient (Wildman–Crippen LogP) is 2.39. The number of hydrogen-bond donors (Lipinski definition) is 0. The number of rotatable bonds is 6. The van der Waals surface area contributed by atoms with Crippen LogP contribution in [-0.4, -0.2) is 18.4 Å². The zero-order chi connectivity index (χ0) is 12.5. The molecule has 0 fully saturated rings. The van der Waals surface area contributed by atoms with Crippen molar-refractivity contribution in [2.45, 2.75) is 6.42 Å². The van der Waals surface area contributed by atoms with Gasteiger partial charge in [-0.2, -0.15) is 0 Å². The molecule has 1 rings (SSSR count). The molecule has 0 bridgehead atoms. The van der Waals surface area contributed by atoms with Gasteiger partial charge < -0.3 is 4.74 Å². The number of allylic oxidation sites excluding steroid dienone is 1. The Morgan fingerprint density at radius 2 is 1.94 bits per heavy atom. The van der Waals surface area contributed by atoms with E-state index in [2.05, 4.69) is 6.58 Å². The molecule has 0 atom stereocenters. The zero-order valence-electron chi connectivity index (χ0n) is 9.46. The third-order valence-corrected chi connectivity index (χ3v) is 2.02. The summed E-state index contributed by atoms with van der Waals surface area (Å²) >= 11 is 0. The summed E-state index contributed by atoms with van der Waals surface area (Å²) in [6.45, 7) is 3.35. The van der Waals surface area contributed by atoms with Gasteiger partial charge >= 0.3 is 5.97 Å². The third kappa shape index (κ3) is 5.47. The topological polar surface area (TPSA) is 43.4 Å². The largest absolute Gasteiger partial charge is 0.462 e. The van der Waals surface area contributed by atoms with Gasteiger partial charge in [-0.3, -0.25) is 4.79 Å². The summed E-state index contributed by atoms with van der Waals surface area (Å²) < 4.78 is 4.70. The highest BCUT2D eigenvalue weighted by Gasteiger charge is 1.99. The summed E-state index contributed by atoms with van der Waals surface area (Å²) in [5.41, 5.74) is 0.962.